The minimum atomic E-state index is 1.03. The molecule has 0 bridgehead atoms. The SMILES string of the molecule is c1ccc2c(c1)sc1cc3c(cc12)c1ccccc1c1nccn31. The van der Waals surface area contributed by atoms with Crippen molar-refractivity contribution in [1.82, 2.24) is 9.38 Å². The van der Waals surface area contributed by atoms with Gasteiger partial charge < -0.3 is 0 Å². The standard InChI is InChI=1S/C21H12N2S/c1-2-7-15-13(5-1)16-11-17-14-6-3-4-8-19(14)24-20(17)12-18(16)23-10-9-22-21(15)23/h1-12H. The van der Waals surface area contributed by atoms with Gasteiger partial charge in [0.2, 0.25) is 0 Å². The lowest BCUT2D eigenvalue weighted by atomic mass is 10.0. The third-order valence-corrected chi connectivity index (χ3v) is 5.99. The van der Waals surface area contributed by atoms with Gasteiger partial charge >= 0.3 is 0 Å². The summed E-state index contributed by atoms with van der Waals surface area (Å²) in [5, 5.41) is 6.44. The average Bonchev–Trinajstić information content (AvgIpc) is 3.25. The zero-order valence-corrected chi connectivity index (χ0v) is 13.5. The second-order valence-corrected chi connectivity index (χ2v) is 7.21. The number of pyridine rings is 1. The first kappa shape index (κ1) is 12.5. The summed E-state index contributed by atoms with van der Waals surface area (Å²) in [6.45, 7) is 0. The zero-order valence-electron chi connectivity index (χ0n) is 12.7. The number of aromatic nitrogens is 2. The topological polar surface area (TPSA) is 17.3 Å². The van der Waals surface area contributed by atoms with E-state index in [1.54, 1.807) is 0 Å². The van der Waals surface area contributed by atoms with Crippen LogP contribution in [0.2, 0.25) is 0 Å². The second-order valence-electron chi connectivity index (χ2n) is 6.13. The van der Waals surface area contributed by atoms with Crippen molar-refractivity contribution in [2.24, 2.45) is 0 Å². The van der Waals surface area contributed by atoms with Crippen molar-refractivity contribution in [3.05, 3.63) is 73.1 Å². The smallest absolute Gasteiger partial charge is 0.145 e. The Bertz CT molecular complexity index is 1410. The van der Waals surface area contributed by atoms with Gasteiger partial charge in [0.25, 0.3) is 0 Å². The third-order valence-electron chi connectivity index (χ3n) is 4.85. The van der Waals surface area contributed by atoms with Gasteiger partial charge in [0, 0.05) is 43.3 Å². The molecule has 0 unspecified atom stereocenters. The minimum Gasteiger partial charge on any atom is -0.299 e. The molecule has 6 aromatic rings. The monoisotopic (exact) mass is 324 g/mol. The Morgan fingerprint density at radius 1 is 0.708 bits per heavy atom. The maximum atomic E-state index is 4.59. The molecule has 0 saturated carbocycles. The van der Waals surface area contributed by atoms with Gasteiger partial charge in [-0.25, -0.2) is 4.98 Å². The molecule has 3 heterocycles. The molecule has 24 heavy (non-hydrogen) atoms. The Morgan fingerprint density at radius 2 is 1.50 bits per heavy atom. The number of hydrogen-bond donors (Lipinski definition) is 0. The van der Waals surface area contributed by atoms with Gasteiger partial charge in [-0.1, -0.05) is 42.5 Å². The molecule has 0 fully saturated rings. The van der Waals surface area contributed by atoms with Crippen molar-refractivity contribution in [1.29, 1.82) is 0 Å². The van der Waals surface area contributed by atoms with Gasteiger partial charge in [-0.3, -0.25) is 4.40 Å². The fraction of sp³-hybridized carbons (Fsp3) is 0. The fourth-order valence-corrected chi connectivity index (χ4v) is 4.91. The summed E-state index contributed by atoms with van der Waals surface area (Å²) in [5.41, 5.74) is 2.25. The van der Waals surface area contributed by atoms with E-state index in [1.165, 1.54) is 41.8 Å². The quantitative estimate of drug-likeness (QED) is 0.313. The lowest BCUT2D eigenvalue weighted by Crippen LogP contribution is -1.90. The maximum Gasteiger partial charge on any atom is 0.145 e. The van der Waals surface area contributed by atoms with E-state index in [0.717, 1.165) is 5.65 Å². The predicted octanol–water partition coefficient (Wildman–Crippen LogP) is 6.01. The number of nitrogens with zero attached hydrogens (tertiary/aromatic N) is 2. The highest BCUT2D eigenvalue weighted by molar-refractivity contribution is 7.25. The summed E-state index contributed by atoms with van der Waals surface area (Å²) in [5.74, 6) is 0. The Morgan fingerprint density at radius 3 is 2.42 bits per heavy atom. The van der Waals surface area contributed by atoms with Gasteiger partial charge in [0.05, 0.1) is 5.52 Å². The molecule has 2 nitrogen and oxygen atoms in total. The van der Waals surface area contributed by atoms with E-state index in [0.29, 0.717) is 0 Å². The maximum absolute atomic E-state index is 4.59. The van der Waals surface area contributed by atoms with Gasteiger partial charge in [-0.15, -0.1) is 11.3 Å². The molecule has 0 saturated heterocycles. The number of hydrogen-bond acceptors (Lipinski definition) is 2. The van der Waals surface area contributed by atoms with Crippen LogP contribution in [-0.4, -0.2) is 9.38 Å². The number of imidazole rings is 1. The predicted molar refractivity (Wildman–Crippen MR) is 103 cm³/mol. The highest BCUT2D eigenvalue weighted by atomic mass is 32.1. The summed E-state index contributed by atoms with van der Waals surface area (Å²) in [4.78, 5) is 4.59. The molecule has 0 amide bonds. The molecule has 0 N–H and O–H groups in total. The highest BCUT2D eigenvalue weighted by Gasteiger charge is 2.12. The number of fused-ring (bicyclic) bond motifs is 9. The third kappa shape index (κ3) is 1.47. The highest BCUT2D eigenvalue weighted by Crippen LogP contribution is 2.38. The van der Waals surface area contributed by atoms with Crippen molar-refractivity contribution in [2.45, 2.75) is 0 Å². The largest absolute Gasteiger partial charge is 0.299 e. The van der Waals surface area contributed by atoms with Crippen LogP contribution in [0.5, 0.6) is 0 Å². The Labute approximate surface area is 141 Å². The number of rotatable bonds is 0. The average molecular weight is 324 g/mol. The van der Waals surface area contributed by atoms with Crippen LogP contribution in [0.15, 0.2) is 73.1 Å². The molecule has 6 rings (SSSR count). The van der Waals surface area contributed by atoms with Crippen molar-refractivity contribution >= 4 is 58.8 Å². The Kier molecular flexibility index (Phi) is 2.26. The summed E-state index contributed by atoms with van der Waals surface area (Å²) >= 11 is 1.86. The zero-order chi connectivity index (χ0) is 15.7. The van der Waals surface area contributed by atoms with Crippen molar-refractivity contribution in [2.75, 3.05) is 0 Å². The van der Waals surface area contributed by atoms with E-state index in [4.69, 9.17) is 0 Å². The molecule has 0 atom stereocenters. The first-order chi connectivity index (χ1) is 11.9. The number of benzene rings is 3. The van der Waals surface area contributed by atoms with Gasteiger partial charge in [-0.2, -0.15) is 0 Å². The van der Waals surface area contributed by atoms with Crippen LogP contribution in [0.25, 0.3) is 47.5 Å². The second kappa shape index (κ2) is 4.34. The Balaban J connectivity index is 1.97. The summed E-state index contributed by atoms with van der Waals surface area (Å²) in [6, 6.07) is 21.9. The van der Waals surface area contributed by atoms with Crippen LogP contribution in [0.4, 0.5) is 0 Å². The number of thiophene rings is 1. The van der Waals surface area contributed by atoms with Crippen LogP contribution in [0, 0.1) is 0 Å². The fourth-order valence-electron chi connectivity index (χ4n) is 3.79. The summed E-state index contributed by atoms with van der Waals surface area (Å²) in [7, 11) is 0. The van der Waals surface area contributed by atoms with Crippen LogP contribution in [-0.2, 0) is 0 Å². The lowest BCUT2D eigenvalue weighted by Gasteiger charge is -2.08. The molecule has 3 aromatic heterocycles. The normalized spacial score (nSPS) is 12.2. The Hall–Kier alpha value is -2.91. The van der Waals surface area contributed by atoms with Crippen molar-refractivity contribution < 1.29 is 0 Å². The van der Waals surface area contributed by atoms with Crippen LogP contribution < -0.4 is 0 Å². The van der Waals surface area contributed by atoms with Crippen LogP contribution >= 0.6 is 11.3 Å². The molecule has 112 valence electrons. The van der Waals surface area contributed by atoms with E-state index in [2.05, 4.69) is 76.2 Å². The van der Waals surface area contributed by atoms with E-state index >= 15 is 0 Å². The molecule has 0 aliphatic rings. The lowest BCUT2D eigenvalue weighted by molar-refractivity contribution is 1.28. The van der Waals surface area contributed by atoms with Crippen LogP contribution in [0.1, 0.15) is 0 Å². The van der Waals surface area contributed by atoms with Gasteiger partial charge in [0.15, 0.2) is 0 Å². The van der Waals surface area contributed by atoms with E-state index in [1.807, 2.05) is 17.5 Å². The molecule has 0 radical (unpaired) electrons. The molecule has 0 aliphatic carbocycles. The van der Waals surface area contributed by atoms with Crippen molar-refractivity contribution in [3.63, 3.8) is 0 Å². The molecular formula is C21H12N2S. The van der Waals surface area contributed by atoms with E-state index < -0.39 is 0 Å². The van der Waals surface area contributed by atoms with E-state index in [9.17, 15) is 0 Å². The molecule has 0 aliphatic heterocycles. The molecular weight excluding hydrogens is 312 g/mol. The molecule has 3 heteroatoms. The first-order valence-electron chi connectivity index (χ1n) is 7.99. The van der Waals surface area contributed by atoms with Crippen LogP contribution in [0.3, 0.4) is 0 Å². The molecule has 0 spiro atoms. The summed E-state index contributed by atoms with van der Waals surface area (Å²) < 4.78 is 4.88. The first-order valence-corrected chi connectivity index (χ1v) is 8.80. The van der Waals surface area contributed by atoms with E-state index in [-0.39, 0.29) is 0 Å². The minimum absolute atomic E-state index is 1.03. The summed E-state index contributed by atoms with van der Waals surface area (Å²) in [6.07, 6.45) is 3.94. The van der Waals surface area contributed by atoms with Gasteiger partial charge in [-0.05, 0) is 23.6 Å². The molecule has 3 aromatic carbocycles. The van der Waals surface area contributed by atoms with Gasteiger partial charge in [0.1, 0.15) is 5.65 Å². The van der Waals surface area contributed by atoms with Crippen molar-refractivity contribution in [3.8, 4) is 0 Å².